The molecule has 4 nitrogen and oxygen atoms in total. The van der Waals surface area contributed by atoms with Crippen LogP contribution in [0.25, 0.3) is 0 Å². The van der Waals surface area contributed by atoms with Crippen molar-refractivity contribution < 1.29 is 4.79 Å². The molecule has 0 aromatic carbocycles. The fourth-order valence-electron chi connectivity index (χ4n) is 2.38. The van der Waals surface area contributed by atoms with Crippen LogP contribution in [0.1, 0.15) is 31.1 Å². The van der Waals surface area contributed by atoms with Gasteiger partial charge in [0, 0.05) is 25.8 Å². The maximum absolute atomic E-state index is 12.5. The Morgan fingerprint density at radius 2 is 2.11 bits per heavy atom. The molecule has 0 saturated carbocycles. The van der Waals surface area contributed by atoms with E-state index in [4.69, 9.17) is 0 Å². The van der Waals surface area contributed by atoms with Crippen molar-refractivity contribution in [2.24, 2.45) is 11.8 Å². The SMILES string of the molecule is CCNc1cnccc1C(=O)N1CC(C)C(C)C1. The van der Waals surface area contributed by atoms with Crippen LogP contribution in [0, 0.1) is 11.8 Å². The summed E-state index contributed by atoms with van der Waals surface area (Å²) < 4.78 is 0. The van der Waals surface area contributed by atoms with E-state index in [9.17, 15) is 4.79 Å². The Hall–Kier alpha value is -1.58. The molecule has 1 aliphatic rings. The topological polar surface area (TPSA) is 45.2 Å². The largest absolute Gasteiger partial charge is 0.383 e. The predicted octanol–water partition coefficient (Wildman–Crippen LogP) is 2.24. The molecule has 2 unspecified atom stereocenters. The van der Waals surface area contributed by atoms with Gasteiger partial charge in [-0.15, -0.1) is 0 Å². The van der Waals surface area contributed by atoms with Crippen LogP contribution in [-0.2, 0) is 0 Å². The third-order valence-corrected chi connectivity index (χ3v) is 3.69. The second kappa shape index (κ2) is 5.38. The molecule has 0 spiro atoms. The minimum Gasteiger partial charge on any atom is -0.383 e. The zero-order chi connectivity index (χ0) is 13.1. The van der Waals surface area contributed by atoms with Crippen LogP contribution in [0.15, 0.2) is 18.5 Å². The van der Waals surface area contributed by atoms with E-state index >= 15 is 0 Å². The fraction of sp³-hybridized carbons (Fsp3) is 0.571. The van der Waals surface area contributed by atoms with Gasteiger partial charge in [0.2, 0.25) is 0 Å². The molecule has 1 aliphatic heterocycles. The Kier molecular flexibility index (Phi) is 3.84. The first-order valence-corrected chi connectivity index (χ1v) is 6.60. The molecule has 0 radical (unpaired) electrons. The molecule has 18 heavy (non-hydrogen) atoms. The van der Waals surface area contributed by atoms with E-state index in [0.29, 0.717) is 11.8 Å². The van der Waals surface area contributed by atoms with Crippen LogP contribution in [0.5, 0.6) is 0 Å². The van der Waals surface area contributed by atoms with Gasteiger partial charge in [-0.25, -0.2) is 0 Å². The van der Waals surface area contributed by atoms with Gasteiger partial charge in [-0.1, -0.05) is 13.8 Å². The van der Waals surface area contributed by atoms with E-state index in [1.54, 1.807) is 18.5 Å². The maximum Gasteiger partial charge on any atom is 0.256 e. The predicted molar refractivity (Wildman–Crippen MR) is 72.6 cm³/mol. The minimum absolute atomic E-state index is 0.115. The van der Waals surface area contributed by atoms with E-state index in [2.05, 4.69) is 24.1 Å². The van der Waals surface area contributed by atoms with Crippen molar-refractivity contribution >= 4 is 11.6 Å². The number of hydrogen-bond acceptors (Lipinski definition) is 3. The number of rotatable bonds is 3. The molecule has 2 atom stereocenters. The molecule has 1 amide bonds. The first kappa shape index (κ1) is 12.9. The minimum atomic E-state index is 0.115. The number of aromatic nitrogens is 1. The van der Waals surface area contributed by atoms with Gasteiger partial charge in [0.05, 0.1) is 17.4 Å². The number of nitrogens with one attached hydrogen (secondary N) is 1. The lowest BCUT2D eigenvalue weighted by molar-refractivity contribution is 0.0786. The number of carbonyl (C=O) groups excluding carboxylic acids is 1. The van der Waals surface area contributed by atoms with E-state index < -0.39 is 0 Å². The summed E-state index contributed by atoms with van der Waals surface area (Å²) in [4.78, 5) is 18.5. The average molecular weight is 247 g/mol. The number of anilines is 1. The van der Waals surface area contributed by atoms with Crippen molar-refractivity contribution in [3.8, 4) is 0 Å². The van der Waals surface area contributed by atoms with Crippen LogP contribution < -0.4 is 5.32 Å². The molecule has 1 aromatic heterocycles. The lowest BCUT2D eigenvalue weighted by Crippen LogP contribution is -2.29. The number of amides is 1. The molecular weight excluding hydrogens is 226 g/mol. The second-order valence-corrected chi connectivity index (χ2v) is 5.12. The summed E-state index contributed by atoms with van der Waals surface area (Å²) in [5.74, 6) is 1.28. The molecule has 2 rings (SSSR count). The van der Waals surface area contributed by atoms with Gasteiger partial charge in [0.15, 0.2) is 0 Å². The Balaban J connectivity index is 2.19. The van der Waals surface area contributed by atoms with Crippen LogP contribution in [-0.4, -0.2) is 35.4 Å². The number of nitrogens with zero attached hydrogens (tertiary/aromatic N) is 2. The summed E-state index contributed by atoms with van der Waals surface area (Å²) in [5, 5.41) is 3.19. The Labute approximate surface area is 108 Å². The van der Waals surface area contributed by atoms with Crippen molar-refractivity contribution in [2.45, 2.75) is 20.8 Å². The van der Waals surface area contributed by atoms with Gasteiger partial charge < -0.3 is 10.2 Å². The lowest BCUT2D eigenvalue weighted by Gasteiger charge is -2.18. The van der Waals surface area contributed by atoms with Gasteiger partial charge in [-0.3, -0.25) is 9.78 Å². The highest BCUT2D eigenvalue weighted by molar-refractivity contribution is 5.99. The second-order valence-electron chi connectivity index (χ2n) is 5.12. The van der Waals surface area contributed by atoms with Crippen LogP contribution in [0.2, 0.25) is 0 Å². The highest BCUT2D eigenvalue weighted by atomic mass is 16.2. The van der Waals surface area contributed by atoms with Crippen molar-refractivity contribution in [3.05, 3.63) is 24.0 Å². The molecule has 1 fully saturated rings. The highest BCUT2D eigenvalue weighted by Gasteiger charge is 2.30. The third-order valence-electron chi connectivity index (χ3n) is 3.69. The first-order chi connectivity index (χ1) is 8.63. The van der Waals surface area contributed by atoms with Crippen molar-refractivity contribution in [2.75, 3.05) is 25.0 Å². The normalized spacial score (nSPS) is 23.2. The molecule has 2 heterocycles. The molecule has 98 valence electrons. The summed E-state index contributed by atoms with van der Waals surface area (Å²) in [5.41, 5.74) is 1.56. The number of pyridine rings is 1. The Morgan fingerprint density at radius 1 is 1.44 bits per heavy atom. The molecule has 1 N–H and O–H groups in total. The van der Waals surface area contributed by atoms with Crippen molar-refractivity contribution in [3.63, 3.8) is 0 Å². The van der Waals surface area contributed by atoms with Crippen LogP contribution >= 0.6 is 0 Å². The molecule has 1 saturated heterocycles. The van der Waals surface area contributed by atoms with Crippen molar-refractivity contribution in [1.82, 2.24) is 9.88 Å². The fourth-order valence-corrected chi connectivity index (χ4v) is 2.38. The van der Waals surface area contributed by atoms with Crippen molar-refractivity contribution in [1.29, 1.82) is 0 Å². The zero-order valence-electron chi connectivity index (χ0n) is 11.3. The number of hydrogen-bond donors (Lipinski definition) is 1. The monoisotopic (exact) mass is 247 g/mol. The van der Waals surface area contributed by atoms with Gasteiger partial charge >= 0.3 is 0 Å². The zero-order valence-corrected chi connectivity index (χ0v) is 11.3. The summed E-state index contributed by atoms with van der Waals surface area (Å²) in [7, 11) is 0. The lowest BCUT2D eigenvalue weighted by atomic mass is 10.0. The molecule has 1 aromatic rings. The van der Waals surface area contributed by atoms with E-state index in [1.165, 1.54) is 0 Å². The third kappa shape index (κ3) is 2.47. The van der Waals surface area contributed by atoms with E-state index in [0.717, 1.165) is 30.9 Å². The Bertz CT molecular complexity index is 423. The number of likely N-dealkylation sites (tertiary alicyclic amines) is 1. The highest BCUT2D eigenvalue weighted by Crippen LogP contribution is 2.25. The summed E-state index contributed by atoms with van der Waals surface area (Å²) in [6, 6.07) is 1.80. The quantitative estimate of drug-likeness (QED) is 0.891. The van der Waals surface area contributed by atoms with Crippen LogP contribution in [0.3, 0.4) is 0 Å². The van der Waals surface area contributed by atoms with E-state index in [1.807, 2.05) is 11.8 Å². The summed E-state index contributed by atoms with van der Waals surface area (Å²) in [6.45, 7) is 8.92. The summed E-state index contributed by atoms with van der Waals surface area (Å²) in [6.07, 6.45) is 3.40. The molecule has 0 bridgehead atoms. The van der Waals surface area contributed by atoms with Gasteiger partial charge in [-0.2, -0.15) is 0 Å². The smallest absolute Gasteiger partial charge is 0.256 e. The maximum atomic E-state index is 12.5. The van der Waals surface area contributed by atoms with Gasteiger partial charge in [0.25, 0.3) is 5.91 Å². The standard InChI is InChI=1S/C14H21N3O/c1-4-16-13-7-15-6-5-12(13)14(18)17-8-10(2)11(3)9-17/h5-7,10-11,16H,4,8-9H2,1-3H3. The van der Waals surface area contributed by atoms with Gasteiger partial charge in [-0.05, 0) is 24.8 Å². The van der Waals surface area contributed by atoms with Crippen LogP contribution in [0.4, 0.5) is 5.69 Å². The number of carbonyl (C=O) groups is 1. The van der Waals surface area contributed by atoms with E-state index in [-0.39, 0.29) is 5.91 Å². The first-order valence-electron chi connectivity index (χ1n) is 6.60. The average Bonchev–Trinajstić information content (AvgIpc) is 2.70. The summed E-state index contributed by atoms with van der Waals surface area (Å²) >= 11 is 0. The molecular formula is C14H21N3O. The van der Waals surface area contributed by atoms with Gasteiger partial charge in [0.1, 0.15) is 0 Å². The molecule has 4 heteroatoms. The Morgan fingerprint density at radius 3 is 2.72 bits per heavy atom. The molecule has 0 aliphatic carbocycles.